The molecular formula is C16H14ClN5O. The van der Waals surface area contributed by atoms with Gasteiger partial charge in [-0.3, -0.25) is 9.78 Å². The van der Waals surface area contributed by atoms with E-state index in [1.165, 1.54) is 6.20 Å². The number of carbonyl (C=O) groups is 1. The van der Waals surface area contributed by atoms with Crippen molar-refractivity contribution in [3.05, 3.63) is 65.0 Å². The fourth-order valence-electron chi connectivity index (χ4n) is 2.25. The van der Waals surface area contributed by atoms with Gasteiger partial charge in [-0.1, -0.05) is 11.6 Å². The average Bonchev–Trinajstić information content (AvgIpc) is 2.87. The van der Waals surface area contributed by atoms with Crippen LogP contribution in [0.4, 0.5) is 5.69 Å². The van der Waals surface area contributed by atoms with Crippen LogP contribution in [0.25, 0.3) is 5.69 Å². The summed E-state index contributed by atoms with van der Waals surface area (Å²) in [6.07, 6.45) is 4.68. The van der Waals surface area contributed by atoms with E-state index in [0.717, 1.165) is 17.1 Å². The maximum Gasteiger partial charge on any atom is 0.257 e. The number of anilines is 1. The molecule has 0 aliphatic rings. The van der Waals surface area contributed by atoms with Gasteiger partial charge in [0.1, 0.15) is 5.15 Å². The Kier molecular flexibility index (Phi) is 4.08. The van der Waals surface area contributed by atoms with Crippen LogP contribution in [0.3, 0.4) is 0 Å². The number of pyridine rings is 2. The number of rotatable bonds is 3. The summed E-state index contributed by atoms with van der Waals surface area (Å²) < 4.78 is 1.77. The van der Waals surface area contributed by atoms with Crippen molar-refractivity contribution < 1.29 is 4.79 Å². The maximum absolute atomic E-state index is 12.3. The third-order valence-corrected chi connectivity index (χ3v) is 3.50. The number of hydrogen-bond acceptors (Lipinski definition) is 4. The van der Waals surface area contributed by atoms with Crippen molar-refractivity contribution in [3.8, 4) is 5.69 Å². The molecule has 7 heteroatoms. The maximum atomic E-state index is 12.3. The average molecular weight is 328 g/mol. The second-order valence-electron chi connectivity index (χ2n) is 5.06. The molecule has 0 aliphatic heterocycles. The quantitative estimate of drug-likeness (QED) is 0.750. The molecular weight excluding hydrogens is 314 g/mol. The van der Waals surface area contributed by atoms with Crippen molar-refractivity contribution in [3.63, 3.8) is 0 Å². The van der Waals surface area contributed by atoms with Crippen LogP contribution < -0.4 is 5.32 Å². The summed E-state index contributed by atoms with van der Waals surface area (Å²) in [5.41, 5.74) is 3.60. The van der Waals surface area contributed by atoms with E-state index in [1.807, 2.05) is 19.9 Å². The fourth-order valence-corrected chi connectivity index (χ4v) is 2.36. The number of nitrogens with zero attached hydrogens (tertiary/aromatic N) is 4. The van der Waals surface area contributed by atoms with E-state index in [1.54, 1.807) is 35.3 Å². The van der Waals surface area contributed by atoms with Gasteiger partial charge in [0, 0.05) is 18.1 Å². The van der Waals surface area contributed by atoms with Crippen molar-refractivity contribution in [2.75, 3.05) is 5.32 Å². The van der Waals surface area contributed by atoms with Crippen molar-refractivity contribution in [1.29, 1.82) is 0 Å². The van der Waals surface area contributed by atoms with Crippen LogP contribution >= 0.6 is 11.6 Å². The minimum atomic E-state index is -0.287. The summed E-state index contributed by atoms with van der Waals surface area (Å²) in [4.78, 5) is 20.3. The molecule has 0 bridgehead atoms. The Bertz CT molecular complexity index is 857. The monoisotopic (exact) mass is 327 g/mol. The van der Waals surface area contributed by atoms with Gasteiger partial charge in [0.15, 0.2) is 0 Å². The lowest BCUT2D eigenvalue weighted by Crippen LogP contribution is -2.15. The van der Waals surface area contributed by atoms with Gasteiger partial charge < -0.3 is 5.32 Å². The largest absolute Gasteiger partial charge is 0.319 e. The SMILES string of the molecule is Cc1cc(C)n(-c2ccncc2NC(=O)c2ccc(Cl)nc2)n1. The number of hydrogen-bond donors (Lipinski definition) is 1. The van der Waals surface area contributed by atoms with E-state index in [4.69, 9.17) is 11.6 Å². The molecule has 1 N–H and O–H groups in total. The summed E-state index contributed by atoms with van der Waals surface area (Å²) in [6.45, 7) is 3.87. The van der Waals surface area contributed by atoms with Crippen molar-refractivity contribution in [2.45, 2.75) is 13.8 Å². The Hall–Kier alpha value is -2.73. The predicted octanol–water partition coefficient (Wildman–Crippen LogP) is 3.18. The van der Waals surface area contributed by atoms with Crippen molar-refractivity contribution in [1.82, 2.24) is 19.7 Å². The Morgan fingerprint density at radius 3 is 2.70 bits per heavy atom. The third kappa shape index (κ3) is 3.22. The molecule has 0 unspecified atom stereocenters. The molecule has 3 aromatic heterocycles. The summed E-state index contributed by atoms with van der Waals surface area (Å²) in [7, 11) is 0. The lowest BCUT2D eigenvalue weighted by Gasteiger charge is -2.11. The smallest absolute Gasteiger partial charge is 0.257 e. The first-order valence-electron chi connectivity index (χ1n) is 6.95. The number of nitrogens with one attached hydrogen (secondary N) is 1. The fraction of sp³-hybridized carbons (Fsp3) is 0.125. The van der Waals surface area contributed by atoms with Crippen LogP contribution in [0.1, 0.15) is 21.7 Å². The first kappa shape index (κ1) is 15.2. The number of aryl methyl sites for hydroxylation is 2. The normalized spacial score (nSPS) is 10.6. The number of aromatic nitrogens is 4. The molecule has 0 fully saturated rings. The first-order valence-corrected chi connectivity index (χ1v) is 7.33. The van der Waals surface area contributed by atoms with Crippen molar-refractivity contribution >= 4 is 23.2 Å². The van der Waals surface area contributed by atoms with Gasteiger partial charge in [0.25, 0.3) is 5.91 Å². The highest BCUT2D eigenvalue weighted by atomic mass is 35.5. The van der Waals surface area contributed by atoms with Crippen LogP contribution in [-0.2, 0) is 0 Å². The summed E-state index contributed by atoms with van der Waals surface area (Å²) >= 11 is 5.74. The molecule has 3 rings (SSSR count). The minimum Gasteiger partial charge on any atom is -0.319 e. The molecule has 0 saturated carbocycles. The highest BCUT2D eigenvalue weighted by Gasteiger charge is 2.13. The number of carbonyl (C=O) groups excluding carboxylic acids is 1. The Balaban J connectivity index is 1.93. The Morgan fingerprint density at radius 1 is 1.22 bits per heavy atom. The molecule has 6 nitrogen and oxygen atoms in total. The lowest BCUT2D eigenvalue weighted by atomic mass is 10.2. The van der Waals surface area contributed by atoms with Crippen LogP contribution in [0.5, 0.6) is 0 Å². The zero-order valence-electron chi connectivity index (χ0n) is 12.6. The summed E-state index contributed by atoms with van der Waals surface area (Å²) in [5.74, 6) is -0.287. The van der Waals surface area contributed by atoms with Gasteiger partial charge in [-0.15, -0.1) is 0 Å². The highest BCUT2D eigenvalue weighted by molar-refractivity contribution is 6.29. The summed E-state index contributed by atoms with van der Waals surface area (Å²) in [6, 6.07) is 6.95. The van der Waals surface area contributed by atoms with Crippen LogP contribution in [0.15, 0.2) is 42.9 Å². The topological polar surface area (TPSA) is 72.7 Å². The van der Waals surface area contributed by atoms with Gasteiger partial charge >= 0.3 is 0 Å². The second-order valence-corrected chi connectivity index (χ2v) is 5.44. The molecule has 0 spiro atoms. The molecule has 1 amide bonds. The molecule has 116 valence electrons. The second kappa shape index (κ2) is 6.18. The molecule has 23 heavy (non-hydrogen) atoms. The highest BCUT2D eigenvalue weighted by Crippen LogP contribution is 2.21. The molecule has 0 radical (unpaired) electrons. The number of amides is 1. The summed E-state index contributed by atoms with van der Waals surface area (Å²) in [5, 5.41) is 7.62. The van der Waals surface area contributed by atoms with Gasteiger partial charge in [-0.05, 0) is 38.1 Å². The molecule has 0 aliphatic carbocycles. The first-order chi connectivity index (χ1) is 11.0. The Labute approximate surface area is 138 Å². The molecule has 0 saturated heterocycles. The third-order valence-electron chi connectivity index (χ3n) is 3.27. The van der Waals surface area contributed by atoms with Crippen molar-refractivity contribution in [2.24, 2.45) is 0 Å². The van der Waals surface area contributed by atoms with E-state index in [0.29, 0.717) is 16.4 Å². The van der Waals surface area contributed by atoms with E-state index in [2.05, 4.69) is 20.4 Å². The zero-order chi connectivity index (χ0) is 16.4. The lowest BCUT2D eigenvalue weighted by molar-refractivity contribution is 0.102. The van der Waals surface area contributed by atoms with Crippen LogP contribution in [0.2, 0.25) is 5.15 Å². The Morgan fingerprint density at radius 2 is 2.04 bits per heavy atom. The number of halogens is 1. The van der Waals surface area contributed by atoms with Gasteiger partial charge in [-0.2, -0.15) is 5.10 Å². The van der Waals surface area contributed by atoms with E-state index in [-0.39, 0.29) is 5.91 Å². The minimum absolute atomic E-state index is 0.287. The van der Waals surface area contributed by atoms with Gasteiger partial charge in [0.2, 0.25) is 0 Å². The molecule has 0 aromatic carbocycles. The van der Waals surface area contributed by atoms with E-state index >= 15 is 0 Å². The van der Waals surface area contributed by atoms with Crippen LogP contribution in [0, 0.1) is 13.8 Å². The predicted molar refractivity (Wildman–Crippen MR) is 88.0 cm³/mol. The zero-order valence-corrected chi connectivity index (χ0v) is 13.4. The molecule has 3 aromatic rings. The standard InChI is InChI=1S/C16H14ClN5O/c1-10-7-11(2)22(21-10)14-5-6-18-9-13(14)20-16(23)12-3-4-15(17)19-8-12/h3-9H,1-2H3,(H,20,23). The van der Waals surface area contributed by atoms with E-state index < -0.39 is 0 Å². The van der Waals surface area contributed by atoms with Crippen LogP contribution in [-0.4, -0.2) is 25.7 Å². The molecule has 3 heterocycles. The van der Waals surface area contributed by atoms with Gasteiger partial charge in [0.05, 0.1) is 28.8 Å². The molecule has 0 atom stereocenters. The van der Waals surface area contributed by atoms with E-state index in [9.17, 15) is 4.79 Å². The van der Waals surface area contributed by atoms with Gasteiger partial charge in [-0.25, -0.2) is 9.67 Å².